The van der Waals surface area contributed by atoms with Crippen molar-refractivity contribution in [3.05, 3.63) is 40.0 Å². The number of thiophene rings is 1. The molecule has 5 heteroatoms. The Morgan fingerprint density at radius 1 is 1.37 bits per heavy atom. The summed E-state index contributed by atoms with van der Waals surface area (Å²) >= 11 is 3.35. The van der Waals surface area contributed by atoms with Crippen molar-refractivity contribution in [3.8, 4) is 0 Å². The molecule has 0 amide bonds. The van der Waals surface area contributed by atoms with E-state index >= 15 is 0 Å². The van der Waals surface area contributed by atoms with Gasteiger partial charge in [0.25, 0.3) is 0 Å². The Balaban J connectivity index is 1.79. The molecule has 3 rings (SSSR count). The second kappa shape index (κ2) is 5.19. The molecule has 98 valence electrons. The van der Waals surface area contributed by atoms with Crippen molar-refractivity contribution in [1.82, 2.24) is 4.98 Å². The van der Waals surface area contributed by atoms with Gasteiger partial charge in [0.1, 0.15) is 5.52 Å². The van der Waals surface area contributed by atoms with Crippen molar-refractivity contribution in [2.75, 3.05) is 11.1 Å². The summed E-state index contributed by atoms with van der Waals surface area (Å²) in [4.78, 5) is 4.32. The highest BCUT2D eigenvalue weighted by atomic mass is 32.1. The van der Waals surface area contributed by atoms with Crippen molar-refractivity contribution in [1.29, 1.82) is 0 Å². The van der Waals surface area contributed by atoms with Gasteiger partial charge in [-0.2, -0.15) is 11.3 Å². The van der Waals surface area contributed by atoms with Crippen LogP contribution in [0.3, 0.4) is 0 Å². The first-order valence-corrected chi connectivity index (χ1v) is 7.95. The number of rotatable bonds is 4. The van der Waals surface area contributed by atoms with Crippen LogP contribution in [0.2, 0.25) is 0 Å². The number of hydrogen-bond acceptors (Lipinski definition) is 5. The van der Waals surface area contributed by atoms with Crippen LogP contribution in [-0.4, -0.2) is 11.0 Å². The van der Waals surface area contributed by atoms with Crippen LogP contribution < -0.4 is 11.1 Å². The Hall–Kier alpha value is -1.59. The van der Waals surface area contributed by atoms with E-state index < -0.39 is 0 Å². The van der Waals surface area contributed by atoms with E-state index in [9.17, 15) is 0 Å². The first kappa shape index (κ1) is 12.4. The zero-order chi connectivity index (χ0) is 13.2. The topological polar surface area (TPSA) is 50.9 Å². The Morgan fingerprint density at radius 3 is 3.05 bits per heavy atom. The number of thiazole rings is 1. The van der Waals surface area contributed by atoms with E-state index in [1.54, 1.807) is 22.7 Å². The third-order valence-corrected chi connectivity index (χ3v) is 4.59. The summed E-state index contributed by atoms with van der Waals surface area (Å²) in [7, 11) is 0. The van der Waals surface area contributed by atoms with Gasteiger partial charge in [0.15, 0.2) is 0 Å². The van der Waals surface area contributed by atoms with Crippen molar-refractivity contribution in [2.45, 2.75) is 19.4 Å². The second-order valence-corrected chi connectivity index (χ2v) is 6.27. The number of fused-ring (bicyclic) bond motifs is 1. The lowest BCUT2D eigenvalue weighted by molar-refractivity contribution is 0.793. The maximum atomic E-state index is 6.17. The monoisotopic (exact) mass is 289 g/mol. The minimum absolute atomic E-state index is 0.341. The maximum absolute atomic E-state index is 6.17. The molecule has 0 radical (unpaired) electrons. The first-order valence-electron chi connectivity index (χ1n) is 6.13. The number of nitrogens with one attached hydrogen (secondary N) is 1. The predicted octanol–water partition coefficient (Wildman–Crippen LogP) is 3.98. The molecule has 0 saturated carbocycles. The van der Waals surface area contributed by atoms with Crippen LogP contribution in [0.1, 0.15) is 12.5 Å². The summed E-state index contributed by atoms with van der Waals surface area (Å²) in [6.45, 7) is 2.17. The lowest BCUT2D eigenvalue weighted by Crippen LogP contribution is -2.18. The number of nitrogens with zero attached hydrogens (tertiary/aromatic N) is 1. The van der Waals surface area contributed by atoms with E-state index in [2.05, 4.69) is 40.1 Å². The van der Waals surface area contributed by atoms with E-state index in [1.165, 1.54) is 5.56 Å². The van der Waals surface area contributed by atoms with Crippen LogP contribution in [0.5, 0.6) is 0 Å². The average molecular weight is 289 g/mol. The Morgan fingerprint density at radius 2 is 2.26 bits per heavy atom. The highest BCUT2D eigenvalue weighted by Crippen LogP contribution is 2.30. The lowest BCUT2D eigenvalue weighted by Gasteiger charge is -2.16. The molecule has 0 aliphatic rings. The normalized spacial score (nSPS) is 12.7. The minimum atomic E-state index is 0.341. The summed E-state index contributed by atoms with van der Waals surface area (Å²) < 4.78 is 1.13. The van der Waals surface area contributed by atoms with Crippen LogP contribution >= 0.6 is 22.7 Å². The second-order valence-electron chi connectivity index (χ2n) is 4.61. The summed E-state index contributed by atoms with van der Waals surface area (Å²) in [6.07, 6.45) is 0.998. The number of nitrogen functional groups attached to an aromatic ring is 1. The molecular formula is C14H15N3S2. The fourth-order valence-electron chi connectivity index (χ4n) is 2.16. The summed E-state index contributed by atoms with van der Waals surface area (Å²) in [5.41, 5.74) is 12.0. The van der Waals surface area contributed by atoms with E-state index in [0.29, 0.717) is 6.04 Å². The number of hydrogen-bond donors (Lipinski definition) is 2. The molecule has 3 nitrogen and oxygen atoms in total. The standard InChI is InChI=1S/C14H15N3S2/c1-9(6-10-4-5-18-7-10)17-11-2-3-12-14(13(11)15)16-8-19-12/h2-5,7-9,17H,6,15H2,1H3. The molecule has 2 aromatic heterocycles. The summed E-state index contributed by atoms with van der Waals surface area (Å²) in [5.74, 6) is 0. The molecular weight excluding hydrogens is 274 g/mol. The third-order valence-electron chi connectivity index (χ3n) is 3.07. The van der Waals surface area contributed by atoms with E-state index in [-0.39, 0.29) is 0 Å². The molecule has 0 bridgehead atoms. The highest BCUT2D eigenvalue weighted by molar-refractivity contribution is 7.16. The molecule has 3 aromatic rings. The quantitative estimate of drug-likeness (QED) is 0.714. The fraction of sp³-hybridized carbons (Fsp3) is 0.214. The molecule has 0 saturated heterocycles. The molecule has 0 fully saturated rings. The predicted molar refractivity (Wildman–Crippen MR) is 85.1 cm³/mol. The molecule has 1 unspecified atom stereocenters. The van der Waals surface area contributed by atoms with Gasteiger partial charge in [-0.15, -0.1) is 11.3 Å². The van der Waals surface area contributed by atoms with Crippen molar-refractivity contribution in [2.24, 2.45) is 0 Å². The zero-order valence-electron chi connectivity index (χ0n) is 10.6. The van der Waals surface area contributed by atoms with E-state index in [4.69, 9.17) is 5.73 Å². The number of anilines is 2. The van der Waals surface area contributed by atoms with Gasteiger partial charge in [-0.05, 0) is 47.9 Å². The third kappa shape index (κ3) is 2.57. The van der Waals surface area contributed by atoms with Gasteiger partial charge in [-0.3, -0.25) is 0 Å². The molecule has 2 heterocycles. The first-order chi connectivity index (χ1) is 9.24. The number of aromatic nitrogens is 1. The molecule has 0 aliphatic heterocycles. The van der Waals surface area contributed by atoms with Gasteiger partial charge in [-0.25, -0.2) is 4.98 Å². The van der Waals surface area contributed by atoms with Gasteiger partial charge >= 0.3 is 0 Å². The van der Waals surface area contributed by atoms with Crippen molar-refractivity contribution in [3.63, 3.8) is 0 Å². The fourth-order valence-corrected chi connectivity index (χ4v) is 3.53. The van der Waals surface area contributed by atoms with Crippen LogP contribution in [0.15, 0.2) is 34.5 Å². The molecule has 0 aliphatic carbocycles. The SMILES string of the molecule is CC(Cc1ccsc1)Nc1ccc2scnc2c1N. The van der Waals surface area contributed by atoms with Gasteiger partial charge < -0.3 is 11.1 Å². The van der Waals surface area contributed by atoms with E-state index in [0.717, 1.165) is 28.0 Å². The van der Waals surface area contributed by atoms with E-state index in [1.807, 2.05) is 11.6 Å². The Kier molecular flexibility index (Phi) is 3.40. The molecule has 3 N–H and O–H groups in total. The Bertz CT molecular complexity index is 673. The lowest BCUT2D eigenvalue weighted by atomic mass is 10.1. The summed E-state index contributed by atoms with van der Waals surface area (Å²) in [6, 6.07) is 6.62. The highest BCUT2D eigenvalue weighted by Gasteiger charge is 2.10. The van der Waals surface area contributed by atoms with Gasteiger partial charge in [0, 0.05) is 6.04 Å². The summed E-state index contributed by atoms with van der Waals surface area (Å²) in [5, 5.41) is 7.77. The van der Waals surface area contributed by atoms with Crippen LogP contribution in [0, 0.1) is 0 Å². The van der Waals surface area contributed by atoms with Crippen molar-refractivity contribution >= 4 is 44.3 Å². The smallest absolute Gasteiger partial charge is 0.106 e. The van der Waals surface area contributed by atoms with Crippen LogP contribution in [-0.2, 0) is 6.42 Å². The number of benzene rings is 1. The largest absolute Gasteiger partial charge is 0.395 e. The number of nitrogens with two attached hydrogens (primary N) is 1. The minimum Gasteiger partial charge on any atom is -0.395 e. The molecule has 1 aromatic carbocycles. The average Bonchev–Trinajstić information content (AvgIpc) is 3.03. The van der Waals surface area contributed by atoms with Crippen LogP contribution in [0.25, 0.3) is 10.2 Å². The molecule has 19 heavy (non-hydrogen) atoms. The van der Waals surface area contributed by atoms with Crippen molar-refractivity contribution < 1.29 is 0 Å². The van der Waals surface area contributed by atoms with Gasteiger partial charge in [-0.1, -0.05) is 0 Å². The van der Waals surface area contributed by atoms with Gasteiger partial charge in [0.2, 0.25) is 0 Å². The maximum Gasteiger partial charge on any atom is 0.106 e. The molecule has 0 spiro atoms. The zero-order valence-corrected chi connectivity index (χ0v) is 12.2. The van der Waals surface area contributed by atoms with Crippen LogP contribution in [0.4, 0.5) is 11.4 Å². The molecule has 1 atom stereocenters. The Labute approximate surface area is 120 Å². The van der Waals surface area contributed by atoms with Gasteiger partial charge in [0.05, 0.1) is 21.6 Å².